The van der Waals surface area contributed by atoms with E-state index in [9.17, 15) is 9.18 Å². The van der Waals surface area contributed by atoms with Crippen molar-refractivity contribution in [1.82, 2.24) is 9.80 Å². The molecule has 2 fully saturated rings. The molecule has 24 heavy (non-hydrogen) atoms. The first-order chi connectivity index (χ1) is 11.6. The third-order valence-electron chi connectivity index (χ3n) is 5.66. The van der Waals surface area contributed by atoms with E-state index in [1.807, 2.05) is 11.0 Å². The number of benzene rings is 1. The quantitative estimate of drug-likeness (QED) is 0.849. The number of methoxy groups -OCH3 is 1. The summed E-state index contributed by atoms with van der Waals surface area (Å²) in [6.07, 6.45) is 4.54. The van der Waals surface area contributed by atoms with Crippen LogP contribution in [-0.2, 0) is 16.1 Å². The Kier molecular flexibility index (Phi) is 5.51. The van der Waals surface area contributed by atoms with Crippen molar-refractivity contribution >= 4 is 5.91 Å². The topological polar surface area (TPSA) is 32.8 Å². The Hall–Kier alpha value is -1.46. The minimum absolute atomic E-state index is 0.107. The second-order valence-electron chi connectivity index (χ2n) is 7.22. The van der Waals surface area contributed by atoms with Crippen LogP contribution in [0.3, 0.4) is 0 Å². The lowest BCUT2D eigenvalue weighted by atomic mass is 9.71. The lowest BCUT2D eigenvalue weighted by molar-refractivity contribution is -0.138. The molecule has 2 aliphatic heterocycles. The van der Waals surface area contributed by atoms with Crippen LogP contribution >= 0.6 is 0 Å². The van der Waals surface area contributed by atoms with E-state index in [0.717, 1.165) is 51.1 Å². The number of likely N-dealkylation sites (tertiary alicyclic amines) is 2. The molecule has 1 aromatic rings. The predicted octanol–water partition coefficient (Wildman–Crippen LogP) is 2.68. The molecular weight excluding hydrogens is 307 g/mol. The van der Waals surface area contributed by atoms with Crippen LogP contribution in [0.5, 0.6) is 0 Å². The van der Waals surface area contributed by atoms with Crippen molar-refractivity contribution in [3.05, 3.63) is 35.6 Å². The Morgan fingerprint density at radius 1 is 1.17 bits per heavy atom. The van der Waals surface area contributed by atoms with Crippen LogP contribution in [0.4, 0.5) is 4.39 Å². The molecule has 3 rings (SSSR count). The van der Waals surface area contributed by atoms with Gasteiger partial charge >= 0.3 is 0 Å². The summed E-state index contributed by atoms with van der Waals surface area (Å²) < 4.78 is 18.3. The SMILES string of the molecule is COCC(=O)N1CCC2(CCN(Cc3cccc(F)c3)CC2)CC1. The first kappa shape index (κ1) is 17.4. The number of nitrogens with zero attached hydrogens (tertiary/aromatic N) is 2. The average Bonchev–Trinajstić information content (AvgIpc) is 2.58. The fourth-order valence-corrected chi connectivity index (χ4v) is 4.02. The summed E-state index contributed by atoms with van der Waals surface area (Å²) in [5.41, 5.74) is 1.44. The zero-order valence-electron chi connectivity index (χ0n) is 14.5. The standard InChI is InChI=1S/C19H27FN2O2/c1-24-15-18(23)22-11-7-19(8-12-22)5-9-21(10-6-19)14-16-3-2-4-17(20)13-16/h2-4,13H,5-12,14-15H2,1H3. The fraction of sp³-hybridized carbons (Fsp3) is 0.632. The molecule has 0 radical (unpaired) electrons. The second kappa shape index (κ2) is 7.62. The van der Waals surface area contributed by atoms with Crippen LogP contribution < -0.4 is 0 Å². The van der Waals surface area contributed by atoms with Gasteiger partial charge in [-0.05, 0) is 61.9 Å². The summed E-state index contributed by atoms with van der Waals surface area (Å²) in [6, 6.07) is 6.90. The van der Waals surface area contributed by atoms with Gasteiger partial charge in [0.15, 0.2) is 0 Å². The van der Waals surface area contributed by atoms with Crippen LogP contribution in [0, 0.1) is 11.2 Å². The fourth-order valence-electron chi connectivity index (χ4n) is 4.02. The van der Waals surface area contributed by atoms with Crippen LogP contribution in [0.2, 0.25) is 0 Å². The van der Waals surface area contributed by atoms with E-state index in [1.54, 1.807) is 19.2 Å². The average molecular weight is 334 g/mol. The highest BCUT2D eigenvalue weighted by molar-refractivity contribution is 5.77. The van der Waals surface area contributed by atoms with E-state index in [-0.39, 0.29) is 18.3 Å². The highest BCUT2D eigenvalue weighted by Gasteiger charge is 2.38. The molecule has 132 valence electrons. The highest BCUT2D eigenvalue weighted by atomic mass is 19.1. The monoisotopic (exact) mass is 334 g/mol. The summed E-state index contributed by atoms with van der Waals surface area (Å²) in [5, 5.41) is 0. The van der Waals surface area contributed by atoms with Gasteiger partial charge < -0.3 is 9.64 Å². The third-order valence-corrected chi connectivity index (χ3v) is 5.66. The normalized spacial score (nSPS) is 21.2. The Bertz CT molecular complexity index is 560. The van der Waals surface area contributed by atoms with Gasteiger partial charge in [-0.1, -0.05) is 12.1 Å². The molecule has 2 aliphatic rings. The number of amides is 1. The van der Waals surface area contributed by atoms with Crippen molar-refractivity contribution in [3.63, 3.8) is 0 Å². The number of ether oxygens (including phenoxy) is 1. The first-order valence-corrected chi connectivity index (χ1v) is 8.84. The maximum Gasteiger partial charge on any atom is 0.248 e. The number of carbonyl (C=O) groups is 1. The molecule has 0 saturated carbocycles. The van der Waals surface area contributed by atoms with E-state index in [2.05, 4.69) is 4.90 Å². The van der Waals surface area contributed by atoms with Gasteiger partial charge in [-0.2, -0.15) is 0 Å². The van der Waals surface area contributed by atoms with Crippen molar-refractivity contribution in [2.24, 2.45) is 5.41 Å². The molecule has 0 bridgehead atoms. The van der Waals surface area contributed by atoms with Gasteiger partial charge in [-0.25, -0.2) is 4.39 Å². The van der Waals surface area contributed by atoms with Gasteiger partial charge in [0.1, 0.15) is 12.4 Å². The number of carbonyl (C=O) groups excluding carboxylic acids is 1. The highest BCUT2D eigenvalue weighted by Crippen LogP contribution is 2.41. The van der Waals surface area contributed by atoms with Crippen LogP contribution in [0.25, 0.3) is 0 Å². The van der Waals surface area contributed by atoms with Gasteiger partial charge in [-0.3, -0.25) is 9.69 Å². The second-order valence-corrected chi connectivity index (χ2v) is 7.22. The molecule has 0 aliphatic carbocycles. The van der Waals surface area contributed by atoms with Gasteiger partial charge in [0.05, 0.1) is 0 Å². The van der Waals surface area contributed by atoms with Crippen molar-refractivity contribution < 1.29 is 13.9 Å². The minimum Gasteiger partial charge on any atom is -0.375 e. The van der Waals surface area contributed by atoms with Crippen molar-refractivity contribution in [2.45, 2.75) is 32.2 Å². The zero-order chi connectivity index (χ0) is 17.0. The van der Waals surface area contributed by atoms with E-state index in [0.29, 0.717) is 5.41 Å². The maximum absolute atomic E-state index is 13.3. The van der Waals surface area contributed by atoms with E-state index in [4.69, 9.17) is 4.74 Å². The lowest BCUT2D eigenvalue weighted by Crippen LogP contribution is -2.48. The summed E-state index contributed by atoms with van der Waals surface area (Å²) >= 11 is 0. The molecule has 2 heterocycles. The van der Waals surface area contributed by atoms with Crippen molar-refractivity contribution in [1.29, 1.82) is 0 Å². The van der Waals surface area contributed by atoms with E-state index < -0.39 is 0 Å². The van der Waals surface area contributed by atoms with Gasteiger partial charge in [-0.15, -0.1) is 0 Å². The summed E-state index contributed by atoms with van der Waals surface area (Å²) in [6.45, 7) is 4.84. The van der Waals surface area contributed by atoms with Gasteiger partial charge in [0, 0.05) is 26.7 Å². The van der Waals surface area contributed by atoms with Crippen LogP contribution in [-0.4, -0.2) is 55.6 Å². The van der Waals surface area contributed by atoms with E-state index >= 15 is 0 Å². The van der Waals surface area contributed by atoms with Crippen LogP contribution in [0.15, 0.2) is 24.3 Å². The molecular formula is C19H27FN2O2. The van der Waals surface area contributed by atoms with Gasteiger partial charge in [0.2, 0.25) is 5.91 Å². The number of hydrogen-bond acceptors (Lipinski definition) is 3. The predicted molar refractivity (Wildman–Crippen MR) is 91.0 cm³/mol. The third kappa shape index (κ3) is 4.14. The smallest absolute Gasteiger partial charge is 0.248 e. The number of hydrogen-bond donors (Lipinski definition) is 0. The molecule has 2 saturated heterocycles. The molecule has 1 aromatic carbocycles. The maximum atomic E-state index is 13.3. The molecule has 0 atom stereocenters. The summed E-state index contributed by atoms with van der Waals surface area (Å²) in [5.74, 6) is -0.0510. The lowest BCUT2D eigenvalue weighted by Gasteiger charge is -2.47. The molecule has 0 N–H and O–H groups in total. The largest absolute Gasteiger partial charge is 0.375 e. The van der Waals surface area contributed by atoms with E-state index in [1.165, 1.54) is 18.9 Å². The Morgan fingerprint density at radius 3 is 2.46 bits per heavy atom. The van der Waals surface area contributed by atoms with Crippen molar-refractivity contribution in [3.8, 4) is 0 Å². The Labute approximate surface area is 143 Å². The minimum atomic E-state index is -0.158. The molecule has 4 nitrogen and oxygen atoms in total. The zero-order valence-corrected chi connectivity index (χ0v) is 14.5. The number of piperidine rings is 2. The molecule has 5 heteroatoms. The summed E-state index contributed by atoms with van der Waals surface area (Å²) in [7, 11) is 1.57. The molecule has 0 aromatic heterocycles. The molecule has 1 amide bonds. The first-order valence-electron chi connectivity index (χ1n) is 8.84. The number of rotatable bonds is 4. The van der Waals surface area contributed by atoms with Crippen molar-refractivity contribution in [2.75, 3.05) is 39.9 Å². The summed E-state index contributed by atoms with van der Waals surface area (Å²) in [4.78, 5) is 16.3. The number of halogens is 1. The molecule has 0 unspecified atom stereocenters. The van der Waals surface area contributed by atoms with Crippen LogP contribution in [0.1, 0.15) is 31.2 Å². The van der Waals surface area contributed by atoms with Gasteiger partial charge in [0.25, 0.3) is 0 Å². The Morgan fingerprint density at radius 2 is 1.83 bits per heavy atom. The Balaban J connectivity index is 1.48. The molecule has 1 spiro atoms.